The van der Waals surface area contributed by atoms with Crippen LogP contribution in [0.15, 0.2) is 42.5 Å². The zero-order valence-electron chi connectivity index (χ0n) is 17.6. The molecule has 0 saturated carbocycles. The van der Waals surface area contributed by atoms with Crippen molar-refractivity contribution in [3.63, 3.8) is 0 Å². The van der Waals surface area contributed by atoms with E-state index in [4.69, 9.17) is 4.74 Å². The van der Waals surface area contributed by atoms with Crippen molar-refractivity contribution in [2.75, 3.05) is 25.1 Å². The summed E-state index contributed by atoms with van der Waals surface area (Å²) >= 11 is 0. The molecule has 0 bridgehead atoms. The van der Waals surface area contributed by atoms with Gasteiger partial charge in [-0.3, -0.25) is 4.79 Å². The number of carbonyl (C=O) groups excluding carboxylic acids is 1. The summed E-state index contributed by atoms with van der Waals surface area (Å²) in [6.45, 7) is 7.92. The highest BCUT2D eigenvalue weighted by Crippen LogP contribution is 2.45. The molecule has 0 aliphatic carbocycles. The fraction of sp³-hybridized carbons (Fsp3) is 0.458. The molecule has 2 aliphatic rings. The Bertz CT molecular complexity index is 910. The van der Waals surface area contributed by atoms with Gasteiger partial charge < -0.3 is 14.5 Å². The van der Waals surface area contributed by atoms with Crippen molar-refractivity contribution >= 4 is 11.6 Å². The van der Waals surface area contributed by atoms with E-state index in [0.717, 1.165) is 30.6 Å². The number of benzene rings is 2. The van der Waals surface area contributed by atoms with E-state index in [-0.39, 0.29) is 17.3 Å². The number of amides is 1. The Morgan fingerprint density at radius 2 is 1.90 bits per heavy atom. The molecule has 0 N–H and O–H groups in total. The van der Waals surface area contributed by atoms with Gasteiger partial charge in [-0.05, 0) is 75.9 Å². The number of rotatable bonds is 3. The van der Waals surface area contributed by atoms with Gasteiger partial charge in [-0.15, -0.1) is 0 Å². The van der Waals surface area contributed by atoms with Crippen molar-refractivity contribution in [1.29, 1.82) is 0 Å². The average molecular weight is 397 g/mol. The van der Waals surface area contributed by atoms with E-state index in [2.05, 4.69) is 18.7 Å². The van der Waals surface area contributed by atoms with Gasteiger partial charge >= 0.3 is 0 Å². The third-order valence-electron chi connectivity index (χ3n) is 6.42. The molecule has 0 spiro atoms. The van der Waals surface area contributed by atoms with Gasteiger partial charge in [0.25, 0.3) is 5.91 Å². The van der Waals surface area contributed by atoms with Crippen molar-refractivity contribution in [2.24, 2.45) is 5.92 Å². The number of nitrogens with zero attached hydrogens (tertiary/aromatic N) is 2. The second-order valence-corrected chi connectivity index (χ2v) is 8.93. The maximum absolute atomic E-state index is 13.4. The van der Waals surface area contributed by atoms with Crippen LogP contribution in [0.5, 0.6) is 5.75 Å². The molecule has 2 fully saturated rings. The molecule has 154 valence electrons. The van der Waals surface area contributed by atoms with Crippen LogP contribution in [0.3, 0.4) is 0 Å². The van der Waals surface area contributed by atoms with Gasteiger partial charge in [0.15, 0.2) is 0 Å². The smallest absolute Gasteiger partial charge is 0.257 e. The molecule has 1 amide bonds. The summed E-state index contributed by atoms with van der Waals surface area (Å²) in [6, 6.07) is 12.9. The predicted octanol–water partition coefficient (Wildman–Crippen LogP) is 4.66. The second kappa shape index (κ2) is 7.36. The molecule has 4 nitrogen and oxygen atoms in total. The summed E-state index contributed by atoms with van der Waals surface area (Å²) in [5.41, 5.74) is 2.71. The Morgan fingerprint density at radius 3 is 2.59 bits per heavy atom. The first-order valence-corrected chi connectivity index (χ1v) is 10.3. The largest absolute Gasteiger partial charge is 0.496 e. The first-order chi connectivity index (χ1) is 13.8. The minimum absolute atomic E-state index is 0.0345. The van der Waals surface area contributed by atoms with Crippen molar-refractivity contribution < 1.29 is 13.9 Å². The minimum Gasteiger partial charge on any atom is -0.496 e. The van der Waals surface area contributed by atoms with Crippen LogP contribution in [0.1, 0.15) is 42.6 Å². The Hall–Kier alpha value is -2.56. The standard InChI is InChI=1S/C24H29FN2O2/c1-16-5-10-22(29-4)20(13-16)23(28)26-12-11-21-17(15-26)14-24(2,3)27(21)19-8-6-18(25)7-9-19/h5-10,13,17,21H,11-12,14-15H2,1-4H3/t17-,21+/m1/s1. The van der Waals surface area contributed by atoms with Crippen LogP contribution in [-0.4, -0.2) is 42.6 Å². The number of ether oxygens (including phenoxy) is 1. The van der Waals surface area contributed by atoms with Gasteiger partial charge in [0.05, 0.1) is 12.7 Å². The number of likely N-dealkylation sites (tertiary alicyclic amines) is 1. The van der Waals surface area contributed by atoms with Crippen LogP contribution in [0.25, 0.3) is 0 Å². The number of halogens is 1. The molecule has 0 aromatic heterocycles. The second-order valence-electron chi connectivity index (χ2n) is 8.93. The van der Waals surface area contributed by atoms with Crippen LogP contribution in [0, 0.1) is 18.7 Å². The van der Waals surface area contributed by atoms with Crippen molar-refractivity contribution in [1.82, 2.24) is 4.90 Å². The first kappa shape index (κ1) is 19.7. The summed E-state index contributed by atoms with van der Waals surface area (Å²) in [5.74, 6) is 0.850. The Balaban J connectivity index is 1.56. The SMILES string of the molecule is COc1ccc(C)cc1C(=O)N1CC[C@H]2[C@@H](C1)CC(C)(C)N2c1ccc(F)cc1. The Kier molecular flexibility index (Phi) is 5.01. The van der Waals surface area contributed by atoms with E-state index in [1.54, 1.807) is 7.11 Å². The summed E-state index contributed by atoms with van der Waals surface area (Å²) in [7, 11) is 1.60. The first-order valence-electron chi connectivity index (χ1n) is 10.3. The summed E-state index contributed by atoms with van der Waals surface area (Å²) in [5, 5.41) is 0. The number of methoxy groups -OCH3 is 1. The third kappa shape index (κ3) is 3.59. The monoisotopic (exact) mass is 396 g/mol. The third-order valence-corrected chi connectivity index (χ3v) is 6.42. The normalized spacial score (nSPS) is 23.1. The Labute approximate surface area is 172 Å². The molecular weight excluding hydrogens is 367 g/mol. The van der Waals surface area contributed by atoms with Crippen molar-refractivity contribution in [2.45, 2.75) is 45.2 Å². The number of carbonyl (C=O) groups is 1. The van der Waals surface area contributed by atoms with E-state index >= 15 is 0 Å². The maximum atomic E-state index is 13.4. The van der Waals surface area contributed by atoms with Crippen LogP contribution in [0.4, 0.5) is 10.1 Å². The van der Waals surface area contributed by atoms with Crippen molar-refractivity contribution in [3.8, 4) is 5.75 Å². The minimum atomic E-state index is -0.213. The van der Waals surface area contributed by atoms with Gasteiger partial charge in [-0.2, -0.15) is 0 Å². The lowest BCUT2D eigenvalue weighted by Crippen LogP contribution is -2.50. The average Bonchev–Trinajstić information content (AvgIpc) is 2.97. The summed E-state index contributed by atoms with van der Waals surface area (Å²) in [4.78, 5) is 17.7. The molecule has 2 saturated heterocycles. The molecule has 2 heterocycles. The van der Waals surface area contributed by atoms with Crippen LogP contribution in [-0.2, 0) is 0 Å². The summed E-state index contributed by atoms with van der Waals surface area (Å²) < 4.78 is 18.8. The number of fused-ring (bicyclic) bond motifs is 1. The van der Waals surface area contributed by atoms with E-state index < -0.39 is 0 Å². The van der Waals surface area contributed by atoms with Crippen molar-refractivity contribution in [3.05, 3.63) is 59.4 Å². The highest BCUT2D eigenvalue weighted by molar-refractivity contribution is 5.97. The topological polar surface area (TPSA) is 32.8 Å². The maximum Gasteiger partial charge on any atom is 0.257 e. The number of aryl methyl sites for hydroxylation is 1. The highest BCUT2D eigenvalue weighted by atomic mass is 19.1. The van der Waals surface area contributed by atoms with Crippen LogP contribution >= 0.6 is 0 Å². The zero-order valence-corrected chi connectivity index (χ0v) is 17.6. The lowest BCUT2D eigenvalue weighted by Gasteiger charge is -2.42. The molecule has 29 heavy (non-hydrogen) atoms. The highest BCUT2D eigenvalue weighted by Gasteiger charge is 2.48. The number of piperidine rings is 1. The fourth-order valence-electron chi connectivity index (χ4n) is 5.24. The van der Waals surface area contributed by atoms with E-state index in [1.165, 1.54) is 12.1 Å². The van der Waals surface area contributed by atoms with E-state index in [0.29, 0.717) is 29.8 Å². The molecule has 2 atom stereocenters. The van der Waals surface area contributed by atoms with Gasteiger partial charge in [0, 0.05) is 30.4 Å². The molecule has 4 rings (SSSR count). The van der Waals surface area contributed by atoms with Gasteiger partial charge in [-0.1, -0.05) is 11.6 Å². The van der Waals surface area contributed by atoms with Crippen LogP contribution < -0.4 is 9.64 Å². The molecule has 5 heteroatoms. The lowest BCUT2D eigenvalue weighted by atomic mass is 9.89. The molecule has 2 aromatic rings. The van der Waals surface area contributed by atoms with E-state index in [1.807, 2.05) is 42.2 Å². The quantitative estimate of drug-likeness (QED) is 0.756. The lowest BCUT2D eigenvalue weighted by molar-refractivity contribution is 0.0664. The van der Waals surface area contributed by atoms with Gasteiger partial charge in [-0.25, -0.2) is 4.39 Å². The summed E-state index contributed by atoms with van der Waals surface area (Å²) in [6.07, 6.45) is 1.91. The predicted molar refractivity (Wildman–Crippen MR) is 113 cm³/mol. The van der Waals surface area contributed by atoms with Crippen LogP contribution in [0.2, 0.25) is 0 Å². The molecule has 2 aromatic carbocycles. The Morgan fingerprint density at radius 1 is 1.17 bits per heavy atom. The molecule has 0 radical (unpaired) electrons. The molecule has 2 aliphatic heterocycles. The van der Waals surface area contributed by atoms with Gasteiger partial charge in [0.2, 0.25) is 0 Å². The number of hydrogen-bond acceptors (Lipinski definition) is 3. The van der Waals surface area contributed by atoms with Gasteiger partial charge in [0.1, 0.15) is 11.6 Å². The number of anilines is 1. The zero-order chi connectivity index (χ0) is 20.8. The molecule has 0 unspecified atom stereocenters. The number of hydrogen-bond donors (Lipinski definition) is 0. The van der Waals surface area contributed by atoms with E-state index in [9.17, 15) is 9.18 Å². The fourth-order valence-corrected chi connectivity index (χ4v) is 5.24. The molecular formula is C24H29FN2O2.